The summed E-state index contributed by atoms with van der Waals surface area (Å²) in [4.78, 5) is 59.5. The maximum atomic E-state index is 12.1. The van der Waals surface area contributed by atoms with Crippen molar-refractivity contribution in [2.75, 3.05) is 0 Å². The van der Waals surface area contributed by atoms with E-state index < -0.39 is 55.1 Å². The summed E-state index contributed by atoms with van der Waals surface area (Å²) in [6, 6.07) is 0. The summed E-state index contributed by atoms with van der Waals surface area (Å²) in [7, 11) is 0. The van der Waals surface area contributed by atoms with E-state index >= 15 is 0 Å². The van der Waals surface area contributed by atoms with Crippen LogP contribution in [0.5, 0.6) is 0 Å². The number of allylic oxidation sites excluding steroid dienone is 1. The normalized spacial score (nSPS) is 14.4. The van der Waals surface area contributed by atoms with Gasteiger partial charge in [-0.1, -0.05) is 108 Å². The van der Waals surface area contributed by atoms with Gasteiger partial charge in [-0.2, -0.15) is 0 Å². The van der Waals surface area contributed by atoms with Crippen LogP contribution in [-0.4, -0.2) is 57.9 Å². The third kappa shape index (κ3) is 27.3. The maximum Gasteiger partial charge on any atom is 0.312 e. The average molecular weight is 1060 g/mol. The number of carbonyl (C=O) groups is 5. The molecular formula is C65H120O10. The van der Waals surface area contributed by atoms with Crippen LogP contribution in [0.15, 0.2) is 61.3 Å². The molecule has 0 spiro atoms. The van der Waals surface area contributed by atoms with E-state index in [0.29, 0.717) is 0 Å². The van der Waals surface area contributed by atoms with E-state index in [2.05, 4.69) is 40.2 Å². The molecule has 0 aromatic heterocycles. The van der Waals surface area contributed by atoms with E-state index in [9.17, 15) is 24.0 Å². The topological polar surface area (TPSA) is 132 Å². The molecule has 0 aromatic carbocycles. The highest BCUT2D eigenvalue weighted by Gasteiger charge is 2.40. The zero-order chi connectivity index (χ0) is 61.4. The Morgan fingerprint density at radius 3 is 0.933 bits per heavy atom. The van der Waals surface area contributed by atoms with Crippen molar-refractivity contribution in [1.82, 2.24) is 0 Å². The summed E-state index contributed by atoms with van der Waals surface area (Å²) in [6.07, 6.45) is 10.5. The lowest BCUT2D eigenvalue weighted by molar-refractivity contribution is -0.170. The van der Waals surface area contributed by atoms with Crippen molar-refractivity contribution in [2.24, 2.45) is 38.9 Å². The van der Waals surface area contributed by atoms with Crippen LogP contribution in [0.2, 0.25) is 0 Å². The van der Waals surface area contributed by atoms with Gasteiger partial charge in [-0.3, -0.25) is 24.0 Å². The lowest BCUT2D eigenvalue weighted by Gasteiger charge is -2.37. The first kappa shape index (κ1) is 79.9. The van der Waals surface area contributed by atoms with Crippen molar-refractivity contribution in [3.05, 3.63) is 61.3 Å². The Kier molecular flexibility index (Phi) is 34.9. The molecule has 0 aromatic rings. The van der Waals surface area contributed by atoms with Gasteiger partial charge in [-0.25, -0.2) is 0 Å². The molecule has 75 heavy (non-hydrogen) atoms. The molecule has 440 valence electrons. The van der Waals surface area contributed by atoms with E-state index in [0.717, 1.165) is 56.1 Å². The molecule has 3 atom stereocenters. The van der Waals surface area contributed by atoms with Crippen molar-refractivity contribution in [2.45, 2.75) is 288 Å². The van der Waals surface area contributed by atoms with Gasteiger partial charge in [0.05, 0.1) is 27.1 Å². The predicted molar refractivity (Wildman–Crippen MR) is 318 cm³/mol. The van der Waals surface area contributed by atoms with Gasteiger partial charge < -0.3 is 23.7 Å². The van der Waals surface area contributed by atoms with Gasteiger partial charge in [0.1, 0.15) is 28.0 Å². The number of hydrogen-bond acceptors (Lipinski definition) is 10. The van der Waals surface area contributed by atoms with Crippen LogP contribution < -0.4 is 0 Å². The highest BCUT2D eigenvalue weighted by Crippen LogP contribution is 2.35. The van der Waals surface area contributed by atoms with Gasteiger partial charge in [-0.15, -0.1) is 0 Å². The van der Waals surface area contributed by atoms with Gasteiger partial charge in [0.2, 0.25) is 0 Å². The third-order valence-corrected chi connectivity index (χ3v) is 15.9. The zero-order valence-corrected chi connectivity index (χ0v) is 54.7. The lowest BCUT2D eigenvalue weighted by atomic mass is 9.84. The fourth-order valence-electron chi connectivity index (χ4n) is 5.16. The van der Waals surface area contributed by atoms with Crippen LogP contribution in [0.4, 0.5) is 0 Å². The molecule has 3 unspecified atom stereocenters. The summed E-state index contributed by atoms with van der Waals surface area (Å²) in [5.41, 5.74) is -1.53. The second-order valence-electron chi connectivity index (χ2n) is 25.7. The second kappa shape index (κ2) is 32.7. The number of esters is 5. The molecule has 0 radical (unpaired) electrons. The van der Waals surface area contributed by atoms with E-state index in [4.69, 9.17) is 23.7 Å². The minimum atomic E-state index is -0.566. The van der Waals surface area contributed by atoms with Crippen LogP contribution in [0.1, 0.15) is 260 Å². The first-order valence-electron chi connectivity index (χ1n) is 27.8. The molecule has 0 saturated heterocycles. The largest absolute Gasteiger partial charge is 0.455 e. The lowest BCUT2D eigenvalue weighted by Crippen LogP contribution is -2.42. The maximum absolute atomic E-state index is 12.1. The van der Waals surface area contributed by atoms with E-state index in [1.54, 1.807) is 18.2 Å². The van der Waals surface area contributed by atoms with E-state index in [1.807, 2.05) is 201 Å². The SMILES string of the molecule is C=C(C)C(C)(OC(=O)C(C)(C)CC)C(C)C.C=CC(C)(C)OC(=O)C(C)(C)CC.C=CC(C)(CC)OC(=O)C(C)(C)CC.C=CC(CC)(OC(=O)C(C)(C)CC)C(C)C.CCC(C)(C)C(=O)OC(C)(C)C(C)=C(C)C. The molecular weight excluding hydrogens is 941 g/mol. The molecule has 0 rings (SSSR count). The average Bonchev–Trinajstić information content (AvgIpc) is 3.32. The monoisotopic (exact) mass is 1060 g/mol. The third-order valence-electron chi connectivity index (χ3n) is 15.9. The molecule has 0 bridgehead atoms. The Hall–Kier alpha value is -3.95. The van der Waals surface area contributed by atoms with Gasteiger partial charge >= 0.3 is 29.8 Å². The first-order chi connectivity index (χ1) is 33.4. The fraction of sp³-hybridized carbons (Fsp3) is 0.769. The Morgan fingerprint density at radius 1 is 0.400 bits per heavy atom. The summed E-state index contributed by atoms with van der Waals surface area (Å²) < 4.78 is 27.7. The molecule has 0 aliphatic heterocycles. The summed E-state index contributed by atoms with van der Waals surface area (Å²) in [5.74, 6) is -0.252. The molecule has 10 nitrogen and oxygen atoms in total. The quantitative estimate of drug-likeness (QED) is 0.0523. The van der Waals surface area contributed by atoms with Crippen LogP contribution in [0, 0.1) is 38.9 Å². The van der Waals surface area contributed by atoms with Crippen molar-refractivity contribution in [3.8, 4) is 0 Å². The van der Waals surface area contributed by atoms with Crippen molar-refractivity contribution < 1.29 is 47.7 Å². The van der Waals surface area contributed by atoms with Crippen LogP contribution in [0.3, 0.4) is 0 Å². The summed E-state index contributed by atoms with van der Waals surface area (Å²) in [5, 5.41) is 0. The smallest absolute Gasteiger partial charge is 0.312 e. The summed E-state index contributed by atoms with van der Waals surface area (Å²) in [6.45, 7) is 75.6. The van der Waals surface area contributed by atoms with Gasteiger partial charge in [0.25, 0.3) is 0 Å². The van der Waals surface area contributed by atoms with Crippen LogP contribution in [0.25, 0.3) is 0 Å². The highest BCUT2D eigenvalue weighted by atomic mass is 16.6. The van der Waals surface area contributed by atoms with Gasteiger partial charge in [-0.05, 0) is 225 Å². The summed E-state index contributed by atoms with van der Waals surface area (Å²) >= 11 is 0. The Morgan fingerprint density at radius 2 is 0.707 bits per heavy atom. The molecule has 0 N–H and O–H groups in total. The molecule has 0 aliphatic carbocycles. The molecule has 10 heteroatoms. The van der Waals surface area contributed by atoms with Crippen molar-refractivity contribution >= 4 is 29.8 Å². The molecule has 0 fully saturated rings. The second-order valence-corrected chi connectivity index (χ2v) is 25.7. The number of carbonyl (C=O) groups excluding carboxylic acids is 5. The van der Waals surface area contributed by atoms with Crippen LogP contribution >= 0.6 is 0 Å². The fourth-order valence-corrected chi connectivity index (χ4v) is 5.16. The molecule has 0 heterocycles. The van der Waals surface area contributed by atoms with Gasteiger partial charge in [0.15, 0.2) is 0 Å². The molecule has 0 saturated carbocycles. The van der Waals surface area contributed by atoms with Crippen molar-refractivity contribution in [1.29, 1.82) is 0 Å². The first-order valence-corrected chi connectivity index (χ1v) is 27.8. The van der Waals surface area contributed by atoms with E-state index in [1.165, 1.54) is 5.57 Å². The number of ether oxygens (including phenoxy) is 5. The van der Waals surface area contributed by atoms with Crippen LogP contribution in [-0.2, 0) is 47.7 Å². The minimum absolute atomic E-state index is 0.124. The predicted octanol–water partition coefficient (Wildman–Crippen LogP) is 18.3. The van der Waals surface area contributed by atoms with E-state index in [-0.39, 0.29) is 41.7 Å². The highest BCUT2D eigenvalue weighted by molar-refractivity contribution is 5.78. The van der Waals surface area contributed by atoms with Crippen molar-refractivity contribution in [3.63, 3.8) is 0 Å². The Balaban J connectivity index is -0.000000273. The van der Waals surface area contributed by atoms with Gasteiger partial charge in [0, 0.05) is 0 Å². The molecule has 0 aliphatic rings. The minimum Gasteiger partial charge on any atom is -0.455 e. The molecule has 0 amide bonds. The zero-order valence-electron chi connectivity index (χ0n) is 54.7. The number of hydrogen-bond donors (Lipinski definition) is 0. The number of rotatable bonds is 24. The Bertz CT molecular complexity index is 1830. The Labute approximate surface area is 463 Å². The standard InChI is InChI=1S/3C14H26O2.C12H22O2.C11H20O2/c1-9-13(5,6)12(15)16-14(7,8)11(4)10(2)3;1-9-13(6,7)12(15)16-14(8,10(2)3)11(4)5;1-8-13(6,7)12(15)16-14(9-2,10-3)11(4)5;1-7-11(4,5)10(13)14-12(6,8-2)9-3;1-7-10(3,4)9(12)13-11(5,6)8-2/h9H2,1-8H3;11H,2,9H2,1,3-8H3;9,11H,2,8,10H2,1,3-7H3;8H,2,7,9H2,1,3-6H3;8H,2,7H2,1,3-6H3.